The van der Waals surface area contributed by atoms with Crippen molar-refractivity contribution in [2.45, 2.75) is 19.3 Å². The molecule has 142 valence electrons. The zero-order valence-electron chi connectivity index (χ0n) is 14.7. The number of rotatable bonds is 11. The van der Waals surface area contributed by atoms with Gasteiger partial charge in [0.1, 0.15) is 5.76 Å². The predicted octanol–water partition coefficient (Wildman–Crippen LogP) is 2.60. The maximum atomic E-state index is 5.69. The van der Waals surface area contributed by atoms with Crippen molar-refractivity contribution >= 4 is 29.9 Å². The highest BCUT2D eigenvalue weighted by Crippen LogP contribution is 2.12. The van der Waals surface area contributed by atoms with Crippen LogP contribution in [0, 0.1) is 5.92 Å². The molecular formula is C18H30IN3O3. The minimum atomic E-state index is 0. The quantitative estimate of drug-likeness (QED) is 0.174. The average Bonchev–Trinajstić information content (AvgIpc) is 3.28. The van der Waals surface area contributed by atoms with Crippen molar-refractivity contribution < 1.29 is 13.9 Å². The minimum absolute atomic E-state index is 0. The van der Waals surface area contributed by atoms with Gasteiger partial charge in [-0.05, 0) is 25.0 Å². The molecule has 7 heteroatoms. The van der Waals surface area contributed by atoms with Gasteiger partial charge in [-0.15, -0.1) is 30.6 Å². The lowest BCUT2D eigenvalue weighted by Crippen LogP contribution is -2.38. The van der Waals surface area contributed by atoms with Crippen LogP contribution in [0.15, 0.2) is 40.5 Å². The van der Waals surface area contributed by atoms with Gasteiger partial charge >= 0.3 is 0 Å². The lowest BCUT2D eigenvalue weighted by atomic mass is 10.1. The van der Waals surface area contributed by atoms with E-state index in [-0.39, 0.29) is 24.0 Å². The number of halogens is 1. The van der Waals surface area contributed by atoms with E-state index < -0.39 is 0 Å². The predicted molar refractivity (Wildman–Crippen MR) is 111 cm³/mol. The van der Waals surface area contributed by atoms with E-state index in [4.69, 9.17) is 13.9 Å². The van der Waals surface area contributed by atoms with E-state index in [1.54, 1.807) is 6.26 Å². The average molecular weight is 463 g/mol. The van der Waals surface area contributed by atoms with E-state index in [0.29, 0.717) is 12.5 Å². The topological polar surface area (TPSA) is 68.0 Å². The molecule has 1 aromatic heterocycles. The Morgan fingerprint density at radius 2 is 2.36 bits per heavy atom. The fourth-order valence-corrected chi connectivity index (χ4v) is 2.42. The molecule has 0 aromatic carbocycles. The van der Waals surface area contributed by atoms with Crippen LogP contribution in [0.1, 0.15) is 18.6 Å². The number of furan rings is 1. The third-order valence-corrected chi connectivity index (χ3v) is 3.75. The van der Waals surface area contributed by atoms with E-state index in [0.717, 1.165) is 70.5 Å². The van der Waals surface area contributed by atoms with Crippen LogP contribution in [0.2, 0.25) is 0 Å². The molecule has 0 spiro atoms. The summed E-state index contributed by atoms with van der Waals surface area (Å²) < 4.78 is 16.3. The molecular weight excluding hydrogens is 433 g/mol. The highest BCUT2D eigenvalue weighted by molar-refractivity contribution is 14.0. The van der Waals surface area contributed by atoms with Gasteiger partial charge in [0.2, 0.25) is 0 Å². The summed E-state index contributed by atoms with van der Waals surface area (Å²) in [6.07, 6.45) is 6.36. The highest BCUT2D eigenvalue weighted by atomic mass is 127. The third-order valence-electron chi connectivity index (χ3n) is 3.75. The molecule has 1 unspecified atom stereocenters. The van der Waals surface area contributed by atoms with Gasteiger partial charge in [0.05, 0.1) is 19.5 Å². The minimum Gasteiger partial charge on any atom is -0.469 e. The number of hydrogen-bond acceptors (Lipinski definition) is 4. The van der Waals surface area contributed by atoms with Gasteiger partial charge in [0, 0.05) is 45.2 Å². The lowest BCUT2D eigenvalue weighted by molar-refractivity contribution is 0.0893. The van der Waals surface area contributed by atoms with E-state index in [9.17, 15) is 0 Å². The number of ether oxygens (including phenoxy) is 2. The van der Waals surface area contributed by atoms with Crippen LogP contribution < -0.4 is 10.6 Å². The number of hydrogen-bond donors (Lipinski definition) is 2. The summed E-state index contributed by atoms with van der Waals surface area (Å²) in [5, 5.41) is 6.52. The van der Waals surface area contributed by atoms with Crippen molar-refractivity contribution in [1.29, 1.82) is 0 Å². The van der Waals surface area contributed by atoms with E-state index in [1.807, 2.05) is 18.2 Å². The summed E-state index contributed by atoms with van der Waals surface area (Å²) in [6, 6.07) is 3.88. The maximum Gasteiger partial charge on any atom is 0.191 e. The molecule has 2 heterocycles. The van der Waals surface area contributed by atoms with Crippen molar-refractivity contribution in [3.63, 3.8) is 0 Å². The van der Waals surface area contributed by atoms with Crippen LogP contribution in [-0.2, 0) is 15.9 Å². The monoisotopic (exact) mass is 463 g/mol. The van der Waals surface area contributed by atoms with Gasteiger partial charge in [0.25, 0.3) is 0 Å². The molecule has 1 saturated heterocycles. The fraction of sp³-hybridized carbons (Fsp3) is 0.611. The summed E-state index contributed by atoms with van der Waals surface area (Å²) in [6.45, 7) is 9.16. The molecule has 1 aliphatic heterocycles. The Labute approximate surface area is 167 Å². The summed E-state index contributed by atoms with van der Waals surface area (Å²) in [4.78, 5) is 4.56. The number of nitrogens with one attached hydrogen (secondary N) is 2. The van der Waals surface area contributed by atoms with Crippen LogP contribution in [0.3, 0.4) is 0 Å². The number of guanidine groups is 1. The van der Waals surface area contributed by atoms with Crippen LogP contribution in [-0.4, -0.2) is 52.0 Å². The first kappa shape index (κ1) is 22.0. The molecule has 0 aliphatic carbocycles. The first-order valence-electron chi connectivity index (χ1n) is 8.69. The van der Waals surface area contributed by atoms with Crippen LogP contribution >= 0.6 is 24.0 Å². The second kappa shape index (κ2) is 14.1. The fourth-order valence-electron chi connectivity index (χ4n) is 2.42. The van der Waals surface area contributed by atoms with Crippen molar-refractivity contribution in [3.8, 4) is 0 Å². The van der Waals surface area contributed by atoms with Gasteiger partial charge in [-0.2, -0.15) is 0 Å². The Bertz CT molecular complexity index is 474. The first-order valence-corrected chi connectivity index (χ1v) is 8.69. The van der Waals surface area contributed by atoms with E-state index >= 15 is 0 Å². The standard InChI is InChI=1S/C18H29N3O3.HI/c1-2-8-19-18(21-10-6-17-5-3-12-24-17)20-9-4-11-22-14-16-7-13-23-15-16;/h2-3,5,12,16H,1,4,6-11,13-15H2,(H2,19,20,21);1H. The summed E-state index contributed by atoms with van der Waals surface area (Å²) >= 11 is 0. The van der Waals surface area contributed by atoms with E-state index in [1.165, 1.54) is 0 Å². The highest BCUT2D eigenvalue weighted by Gasteiger charge is 2.15. The zero-order chi connectivity index (χ0) is 16.9. The van der Waals surface area contributed by atoms with Gasteiger partial charge in [0.15, 0.2) is 5.96 Å². The zero-order valence-corrected chi connectivity index (χ0v) is 17.1. The Morgan fingerprint density at radius 1 is 1.44 bits per heavy atom. The van der Waals surface area contributed by atoms with Crippen LogP contribution in [0.5, 0.6) is 0 Å². The largest absolute Gasteiger partial charge is 0.469 e. The smallest absolute Gasteiger partial charge is 0.191 e. The molecule has 1 aliphatic rings. The normalized spacial score (nSPS) is 17.1. The summed E-state index contributed by atoms with van der Waals surface area (Å²) in [5.74, 6) is 2.34. The van der Waals surface area contributed by atoms with E-state index in [2.05, 4.69) is 22.2 Å². The van der Waals surface area contributed by atoms with Crippen molar-refractivity contribution in [3.05, 3.63) is 36.8 Å². The van der Waals surface area contributed by atoms with Crippen molar-refractivity contribution in [1.82, 2.24) is 10.6 Å². The molecule has 2 rings (SSSR count). The molecule has 6 nitrogen and oxygen atoms in total. The number of nitrogens with zero attached hydrogens (tertiary/aromatic N) is 1. The Hall–Kier alpha value is -1.06. The molecule has 0 amide bonds. The molecule has 1 fully saturated rings. The molecule has 1 aromatic rings. The second-order valence-electron chi connectivity index (χ2n) is 5.81. The van der Waals surface area contributed by atoms with Crippen molar-refractivity contribution in [2.75, 3.05) is 46.1 Å². The Balaban J connectivity index is 0.00000312. The van der Waals surface area contributed by atoms with Crippen LogP contribution in [0.25, 0.3) is 0 Å². The summed E-state index contributed by atoms with van der Waals surface area (Å²) in [7, 11) is 0. The second-order valence-corrected chi connectivity index (χ2v) is 5.81. The van der Waals surface area contributed by atoms with Gasteiger partial charge < -0.3 is 24.5 Å². The number of aliphatic imine (C=N–C) groups is 1. The maximum absolute atomic E-state index is 5.69. The molecule has 0 radical (unpaired) electrons. The first-order chi connectivity index (χ1) is 11.9. The molecule has 25 heavy (non-hydrogen) atoms. The summed E-state index contributed by atoms with van der Waals surface area (Å²) in [5.41, 5.74) is 0. The SMILES string of the molecule is C=CCNC(=NCCCOCC1CCOC1)NCCc1ccco1.I. The van der Waals surface area contributed by atoms with Gasteiger partial charge in [-0.3, -0.25) is 4.99 Å². The Morgan fingerprint density at radius 3 is 3.08 bits per heavy atom. The van der Waals surface area contributed by atoms with Crippen molar-refractivity contribution in [2.24, 2.45) is 10.9 Å². The van der Waals surface area contributed by atoms with Gasteiger partial charge in [-0.1, -0.05) is 6.08 Å². The molecule has 0 bridgehead atoms. The van der Waals surface area contributed by atoms with Gasteiger partial charge in [-0.25, -0.2) is 0 Å². The molecule has 0 saturated carbocycles. The Kier molecular flexibility index (Phi) is 12.4. The van der Waals surface area contributed by atoms with Crippen LogP contribution in [0.4, 0.5) is 0 Å². The molecule has 1 atom stereocenters. The lowest BCUT2D eigenvalue weighted by Gasteiger charge is -2.11. The molecule has 2 N–H and O–H groups in total. The third kappa shape index (κ3) is 9.86.